The lowest BCUT2D eigenvalue weighted by Crippen LogP contribution is -2.70. The average molecular weight is 559 g/mol. The average Bonchev–Trinajstić information content (AvgIpc) is 3.33. The van der Waals surface area contributed by atoms with Crippen LogP contribution in [0, 0.1) is 0 Å². The van der Waals surface area contributed by atoms with Crippen LogP contribution < -0.4 is 19.7 Å². The van der Waals surface area contributed by atoms with Crippen molar-refractivity contribution in [2.75, 3.05) is 69.7 Å². The summed E-state index contributed by atoms with van der Waals surface area (Å²) in [6, 6.07) is 11.2. The van der Waals surface area contributed by atoms with E-state index >= 15 is 0 Å². The third-order valence-corrected chi connectivity index (χ3v) is 8.66. The molecule has 4 aliphatic rings. The van der Waals surface area contributed by atoms with Crippen LogP contribution in [0.2, 0.25) is 5.02 Å². The van der Waals surface area contributed by atoms with Gasteiger partial charge in [0.05, 0.1) is 10.8 Å². The lowest BCUT2D eigenvalue weighted by atomic mass is 9.92. The van der Waals surface area contributed by atoms with Gasteiger partial charge in [0.1, 0.15) is 25.4 Å². The fourth-order valence-electron chi connectivity index (χ4n) is 5.08. The summed E-state index contributed by atoms with van der Waals surface area (Å²) >= 11 is 7.82. The number of hydrogen-bond acceptors (Lipinski definition) is 8. The molecular formula is C26H27ClN4O6S. The van der Waals surface area contributed by atoms with E-state index < -0.39 is 11.6 Å². The zero-order valence-corrected chi connectivity index (χ0v) is 22.2. The van der Waals surface area contributed by atoms with Gasteiger partial charge in [-0.05, 0) is 30.3 Å². The van der Waals surface area contributed by atoms with Crippen LogP contribution in [0.4, 0.5) is 10.5 Å². The molecule has 4 aliphatic heterocycles. The van der Waals surface area contributed by atoms with Crippen LogP contribution in [0.3, 0.4) is 0 Å². The lowest BCUT2D eigenvalue weighted by Gasteiger charge is -2.45. The van der Waals surface area contributed by atoms with E-state index in [1.807, 2.05) is 23.1 Å². The molecule has 0 atom stereocenters. The Kier molecular flexibility index (Phi) is 6.65. The van der Waals surface area contributed by atoms with Gasteiger partial charge in [-0.15, -0.1) is 11.8 Å². The number of nitrogens with zero attached hydrogens (tertiary/aromatic N) is 3. The van der Waals surface area contributed by atoms with E-state index in [1.54, 1.807) is 23.1 Å². The van der Waals surface area contributed by atoms with Crippen molar-refractivity contribution in [3.63, 3.8) is 0 Å². The van der Waals surface area contributed by atoms with E-state index in [-0.39, 0.29) is 24.2 Å². The van der Waals surface area contributed by atoms with Gasteiger partial charge in [-0.2, -0.15) is 0 Å². The molecule has 0 saturated carbocycles. The first-order valence-corrected chi connectivity index (χ1v) is 13.8. The fourth-order valence-corrected chi connectivity index (χ4v) is 6.25. The maximum atomic E-state index is 13.2. The van der Waals surface area contributed by atoms with E-state index in [4.69, 9.17) is 25.8 Å². The molecule has 12 heteroatoms. The highest BCUT2D eigenvalue weighted by Crippen LogP contribution is 2.35. The van der Waals surface area contributed by atoms with Crippen LogP contribution in [-0.4, -0.2) is 98.1 Å². The monoisotopic (exact) mass is 558 g/mol. The van der Waals surface area contributed by atoms with Crippen LogP contribution in [0.15, 0.2) is 41.3 Å². The number of nitrogens with one attached hydrogen (secondary N) is 1. The number of fused-ring (bicyclic) bond motifs is 1. The second-order valence-corrected chi connectivity index (χ2v) is 11.2. The van der Waals surface area contributed by atoms with Gasteiger partial charge in [0.2, 0.25) is 5.91 Å². The SMILES string of the molecule is O=C1NC2(CO1)CN(C(=O)CSc1ccc(C(=O)N3CCN(c4ccc5c(c4)OCCO5)CC3)cc1Cl)C2. The summed E-state index contributed by atoms with van der Waals surface area (Å²) in [5.74, 6) is 1.65. The van der Waals surface area contributed by atoms with Gasteiger partial charge < -0.3 is 34.2 Å². The first-order chi connectivity index (χ1) is 18.4. The predicted molar refractivity (Wildman–Crippen MR) is 142 cm³/mol. The van der Waals surface area contributed by atoms with Crippen molar-refractivity contribution in [1.82, 2.24) is 15.1 Å². The smallest absolute Gasteiger partial charge is 0.407 e. The molecule has 38 heavy (non-hydrogen) atoms. The second-order valence-electron chi connectivity index (χ2n) is 9.77. The number of thioether (sulfide) groups is 1. The summed E-state index contributed by atoms with van der Waals surface area (Å²) in [7, 11) is 0. The minimum absolute atomic E-state index is 0.0334. The number of carbonyl (C=O) groups is 3. The normalized spacial score (nSPS) is 19.6. The Morgan fingerprint density at radius 2 is 1.71 bits per heavy atom. The van der Waals surface area contributed by atoms with Gasteiger partial charge in [0.15, 0.2) is 11.5 Å². The van der Waals surface area contributed by atoms with E-state index in [1.165, 1.54) is 11.8 Å². The van der Waals surface area contributed by atoms with Crippen molar-refractivity contribution >= 4 is 47.0 Å². The molecule has 1 N–H and O–H groups in total. The van der Waals surface area contributed by atoms with E-state index in [2.05, 4.69) is 10.2 Å². The summed E-state index contributed by atoms with van der Waals surface area (Å²) in [6.07, 6.45) is -0.435. The third kappa shape index (κ3) is 4.92. The molecule has 3 amide bonds. The quantitative estimate of drug-likeness (QED) is 0.559. The molecule has 0 radical (unpaired) electrons. The van der Waals surface area contributed by atoms with Crippen LogP contribution in [0.5, 0.6) is 11.5 Å². The molecule has 6 rings (SSSR count). The lowest BCUT2D eigenvalue weighted by molar-refractivity contribution is -0.136. The Morgan fingerprint density at radius 3 is 2.42 bits per heavy atom. The molecule has 200 valence electrons. The third-order valence-electron chi connectivity index (χ3n) is 7.17. The van der Waals surface area contributed by atoms with Crippen molar-refractivity contribution in [2.45, 2.75) is 10.4 Å². The second kappa shape index (κ2) is 10.1. The number of rotatable bonds is 5. The number of carbonyl (C=O) groups excluding carboxylic acids is 3. The van der Waals surface area contributed by atoms with Crippen molar-refractivity contribution in [2.24, 2.45) is 0 Å². The molecule has 4 heterocycles. The molecule has 0 bridgehead atoms. The summed E-state index contributed by atoms with van der Waals surface area (Å²) in [5.41, 5.74) is 1.14. The molecule has 1 spiro atoms. The van der Waals surface area contributed by atoms with Crippen LogP contribution in [0.25, 0.3) is 0 Å². The molecule has 10 nitrogen and oxygen atoms in total. The Labute approximate surface area is 229 Å². The largest absolute Gasteiger partial charge is 0.486 e. The van der Waals surface area contributed by atoms with Gasteiger partial charge in [-0.25, -0.2) is 4.79 Å². The standard InChI is InChI=1S/C26H27ClN4O6S/c27-19-11-17(1-4-22(19)38-13-23(32)31-14-26(15-31)16-37-25(34)28-26)24(33)30-7-5-29(6-8-30)18-2-3-20-21(12-18)36-10-9-35-20/h1-4,11-12H,5-10,13-16H2,(H,28,34). The number of anilines is 1. The van der Waals surface area contributed by atoms with Gasteiger partial charge in [0, 0.05) is 61.5 Å². The fraction of sp³-hybridized carbons (Fsp3) is 0.423. The summed E-state index contributed by atoms with van der Waals surface area (Å²) in [6.45, 7) is 4.90. The van der Waals surface area contributed by atoms with Crippen LogP contribution in [-0.2, 0) is 9.53 Å². The number of cyclic esters (lactones) is 1. The highest BCUT2D eigenvalue weighted by Gasteiger charge is 2.50. The summed E-state index contributed by atoms with van der Waals surface area (Å²) in [5, 5.41) is 3.21. The molecular weight excluding hydrogens is 532 g/mol. The summed E-state index contributed by atoms with van der Waals surface area (Å²) < 4.78 is 16.2. The zero-order chi connectivity index (χ0) is 26.3. The molecule has 3 saturated heterocycles. The van der Waals surface area contributed by atoms with Gasteiger partial charge in [-0.1, -0.05) is 11.6 Å². The number of hydrogen-bond donors (Lipinski definition) is 1. The topological polar surface area (TPSA) is 101 Å². The minimum atomic E-state index is -0.438. The number of halogens is 1. The Balaban J connectivity index is 0.999. The number of likely N-dealkylation sites (tertiary alicyclic amines) is 1. The number of ether oxygens (including phenoxy) is 3. The highest BCUT2D eigenvalue weighted by molar-refractivity contribution is 8.00. The number of alkyl carbamates (subject to hydrolysis) is 1. The first kappa shape index (κ1) is 25.0. The van der Waals surface area contributed by atoms with E-state index in [9.17, 15) is 14.4 Å². The minimum Gasteiger partial charge on any atom is -0.486 e. The zero-order valence-electron chi connectivity index (χ0n) is 20.6. The predicted octanol–water partition coefficient (Wildman–Crippen LogP) is 2.49. The first-order valence-electron chi connectivity index (χ1n) is 12.5. The molecule has 0 aliphatic carbocycles. The number of amides is 3. The van der Waals surface area contributed by atoms with Crippen molar-refractivity contribution in [1.29, 1.82) is 0 Å². The number of benzene rings is 2. The van der Waals surface area contributed by atoms with Crippen LogP contribution >= 0.6 is 23.4 Å². The van der Waals surface area contributed by atoms with Gasteiger partial charge in [0.25, 0.3) is 5.91 Å². The van der Waals surface area contributed by atoms with E-state index in [0.29, 0.717) is 63.1 Å². The molecule has 2 aromatic carbocycles. The van der Waals surface area contributed by atoms with Crippen LogP contribution in [0.1, 0.15) is 10.4 Å². The Bertz CT molecular complexity index is 1280. The van der Waals surface area contributed by atoms with Crippen molar-refractivity contribution < 1.29 is 28.6 Å². The molecule has 0 unspecified atom stereocenters. The number of piperazine rings is 1. The summed E-state index contributed by atoms with van der Waals surface area (Å²) in [4.78, 5) is 43.5. The molecule has 2 aromatic rings. The van der Waals surface area contributed by atoms with E-state index in [0.717, 1.165) is 22.1 Å². The Hall–Kier alpha value is -3.31. The van der Waals surface area contributed by atoms with Gasteiger partial charge in [-0.3, -0.25) is 9.59 Å². The molecule has 0 aromatic heterocycles. The van der Waals surface area contributed by atoms with Crippen molar-refractivity contribution in [3.8, 4) is 11.5 Å². The Morgan fingerprint density at radius 1 is 0.947 bits per heavy atom. The van der Waals surface area contributed by atoms with Gasteiger partial charge >= 0.3 is 6.09 Å². The van der Waals surface area contributed by atoms with Crippen molar-refractivity contribution in [3.05, 3.63) is 47.0 Å². The maximum Gasteiger partial charge on any atom is 0.407 e. The maximum absolute atomic E-state index is 13.2. The molecule has 3 fully saturated rings. The highest BCUT2D eigenvalue weighted by atomic mass is 35.5.